The van der Waals surface area contributed by atoms with Gasteiger partial charge in [0.25, 0.3) is 0 Å². The molecule has 25 heavy (non-hydrogen) atoms. The number of halogens is 2. The van der Waals surface area contributed by atoms with Crippen molar-refractivity contribution < 1.29 is 9.13 Å². The van der Waals surface area contributed by atoms with Gasteiger partial charge in [-0.25, -0.2) is 4.39 Å². The molecule has 0 aliphatic carbocycles. The van der Waals surface area contributed by atoms with Crippen LogP contribution in [0.15, 0.2) is 23.2 Å². The first kappa shape index (κ1) is 19.9. The predicted molar refractivity (Wildman–Crippen MR) is 101 cm³/mol. The number of hydrogen-bond acceptors (Lipinski definition) is 3. The largest absolute Gasteiger partial charge is 0.376 e. The molecule has 5 nitrogen and oxygen atoms in total. The summed E-state index contributed by atoms with van der Waals surface area (Å²) in [5, 5.41) is 3.53. The van der Waals surface area contributed by atoms with E-state index in [4.69, 9.17) is 22.1 Å². The van der Waals surface area contributed by atoms with Crippen LogP contribution in [0.1, 0.15) is 39.3 Å². The van der Waals surface area contributed by atoms with Crippen molar-refractivity contribution >= 4 is 17.6 Å². The van der Waals surface area contributed by atoms with Crippen LogP contribution in [0.3, 0.4) is 0 Å². The molecule has 140 valence electrons. The minimum Gasteiger partial charge on any atom is -0.376 e. The monoisotopic (exact) mass is 370 g/mol. The quantitative estimate of drug-likeness (QED) is 0.632. The number of guanidine groups is 1. The van der Waals surface area contributed by atoms with E-state index in [1.54, 1.807) is 12.1 Å². The number of aliphatic imine (C=N–C) groups is 1. The van der Waals surface area contributed by atoms with Crippen molar-refractivity contribution in [2.24, 2.45) is 10.7 Å². The lowest BCUT2D eigenvalue weighted by Gasteiger charge is -2.37. The Morgan fingerprint density at radius 1 is 1.52 bits per heavy atom. The Hall–Kier alpha value is -1.37. The smallest absolute Gasteiger partial charge is 0.189 e. The first-order valence-corrected chi connectivity index (χ1v) is 8.93. The summed E-state index contributed by atoms with van der Waals surface area (Å²) >= 11 is 6.31. The third-order valence-electron chi connectivity index (χ3n) is 3.98. The summed E-state index contributed by atoms with van der Waals surface area (Å²) in [5.74, 6) is 0.0143. The van der Waals surface area contributed by atoms with E-state index in [-0.39, 0.29) is 23.5 Å². The van der Waals surface area contributed by atoms with Crippen LogP contribution in [0, 0.1) is 5.82 Å². The molecule has 0 saturated carbocycles. The van der Waals surface area contributed by atoms with Crippen LogP contribution in [0.4, 0.5) is 4.39 Å². The van der Waals surface area contributed by atoms with Gasteiger partial charge in [0.15, 0.2) is 5.96 Å². The van der Waals surface area contributed by atoms with Gasteiger partial charge in [-0.2, -0.15) is 0 Å². The van der Waals surface area contributed by atoms with Gasteiger partial charge in [0.05, 0.1) is 25.3 Å². The molecule has 1 fully saturated rings. The molecule has 1 aliphatic heterocycles. The minimum absolute atomic E-state index is 0.0795. The van der Waals surface area contributed by atoms with Crippen LogP contribution in [0.2, 0.25) is 5.02 Å². The third kappa shape index (κ3) is 5.83. The molecule has 1 aliphatic rings. The Kier molecular flexibility index (Phi) is 6.65. The van der Waals surface area contributed by atoms with E-state index in [9.17, 15) is 4.39 Å². The molecule has 7 heteroatoms. The molecule has 0 amide bonds. The van der Waals surface area contributed by atoms with Crippen LogP contribution in [0.5, 0.6) is 0 Å². The van der Waals surface area contributed by atoms with E-state index in [1.165, 1.54) is 6.07 Å². The lowest BCUT2D eigenvalue weighted by Crippen LogP contribution is -2.46. The number of ether oxygens (including phenoxy) is 1. The summed E-state index contributed by atoms with van der Waals surface area (Å²) in [5.41, 5.74) is 6.26. The fourth-order valence-electron chi connectivity index (χ4n) is 2.96. The zero-order valence-electron chi connectivity index (χ0n) is 15.4. The maximum absolute atomic E-state index is 14.5. The molecule has 2 rings (SSSR count). The number of morpholine rings is 1. The van der Waals surface area contributed by atoms with Gasteiger partial charge in [-0.3, -0.25) is 9.89 Å². The van der Waals surface area contributed by atoms with Gasteiger partial charge in [-0.1, -0.05) is 17.7 Å². The summed E-state index contributed by atoms with van der Waals surface area (Å²) in [6, 6.07) is 4.45. The van der Waals surface area contributed by atoms with E-state index < -0.39 is 0 Å². The molecule has 0 radical (unpaired) electrons. The molecule has 0 bridgehead atoms. The van der Waals surface area contributed by atoms with Crippen LogP contribution in [-0.4, -0.2) is 48.7 Å². The highest BCUT2D eigenvalue weighted by atomic mass is 35.5. The fourth-order valence-corrected chi connectivity index (χ4v) is 3.24. The zero-order chi connectivity index (χ0) is 18.6. The Bertz CT molecular complexity index is 597. The average Bonchev–Trinajstić information content (AvgIpc) is 2.48. The summed E-state index contributed by atoms with van der Waals surface area (Å²) in [7, 11) is 0. The number of hydrogen-bond donors (Lipinski definition) is 2. The van der Waals surface area contributed by atoms with E-state index >= 15 is 0 Å². The van der Waals surface area contributed by atoms with Crippen LogP contribution < -0.4 is 11.1 Å². The normalized spacial score (nSPS) is 21.2. The maximum atomic E-state index is 14.5. The Labute approximate surface area is 154 Å². The molecule has 0 spiro atoms. The van der Waals surface area contributed by atoms with Gasteiger partial charge in [-0.05, 0) is 39.8 Å². The summed E-state index contributed by atoms with van der Waals surface area (Å²) in [6.07, 6.45) is 0.0795. The molecule has 2 unspecified atom stereocenters. The topological polar surface area (TPSA) is 62.9 Å². The summed E-state index contributed by atoms with van der Waals surface area (Å²) in [4.78, 5) is 6.60. The van der Waals surface area contributed by atoms with Gasteiger partial charge in [0.2, 0.25) is 0 Å². The van der Waals surface area contributed by atoms with Crippen molar-refractivity contribution in [2.75, 3.05) is 26.2 Å². The fraction of sp³-hybridized carbons (Fsp3) is 0.611. The molecule has 1 heterocycles. The van der Waals surface area contributed by atoms with Gasteiger partial charge in [0.1, 0.15) is 5.82 Å². The number of nitrogens with zero attached hydrogens (tertiary/aromatic N) is 2. The second-order valence-corrected chi connectivity index (χ2v) is 7.84. The highest BCUT2D eigenvalue weighted by Gasteiger charge is 2.29. The number of rotatable bonds is 4. The van der Waals surface area contributed by atoms with Gasteiger partial charge in [0, 0.05) is 29.2 Å². The van der Waals surface area contributed by atoms with Crippen LogP contribution in [-0.2, 0) is 4.74 Å². The molecular formula is C18H28ClFN4O. The standard InChI is InChI=1S/C18H28ClFN4O/c1-12-11-24(8-9-25-12)15(10-22-17(21)23-18(2,3)4)16-13(19)6-5-7-14(16)20/h5-7,12,15H,8-11H2,1-4H3,(H3,21,22,23). The zero-order valence-corrected chi connectivity index (χ0v) is 16.1. The lowest BCUT2D eigenvalue weighted by molar-refractivity contribution is -0.0336. The minimum atomic E-state index is -0.325. The molecule has 1 aromatic carbocycles. The van der Waals surface area contributed by atoms with Gasteiger partial charge >= 0.3 is 0 Å². The third-order valence-corrected chi connectivity index (χ3v) is 4.31. The molecule has 2 atom stereocenters. The van der Waals surface area contributed by atoms with Gasteiger partial charge in [-0.15, -0.1) is 0 Å². The Balaban J connectivity index is 2.28. The van der Waals surface area contributed by atoms with E-state index in [0.29, 0.717) is 42.8 Å². The van der Waals surface area contributed by atoms with E-state index in [0.717, 1.165) is 0 Å². The van der Waals surface area contributed by atoms with E-state index in [1.807, 2.05) is 27.7 Å². The molecule has 1 aromatic rings. The van der Waals surface area contributed by atoms with Crippen LogP contribution in [0.25, 0.3) is 0 Å². The Morgan fingerprint density at radius 2 is 2.24 bits per heavy atom. The number of benzene rings is 1. The molecule has 3 N–H and O–H groups in total. The second-order valence-electron chi connectivity index (χ2n) is 7.43. The second kappa shape index (κ2) is 8.34. The average molecular weight is 371 g/mol. The SMILES string of the molecule is CC1CN(C(CN=C(N)NC(C)(C)C)c2c(F)cccc2Cl)CCO1. The highest BCUT2D eigenvalue weighted by molar-refractivity contribution is 6.31. The lowest BCUT2D eigenvalue weighted by atomic mass is 10.0. The van der Waals surface area contributed by atoms with Crippen molar-refractivity contribution in [3.63, 3.8) is 0 Å². The first-order chi connectivity index (χ1) is 11.7. The Morgan fingerprint density at radius 3 is 2.84 bits per heavy atom. The first-order valence-electron chi connectivity index (χ1n) is 8.55. The summed E-state index contributed by atoms with van der Waals surface area (Å²) in [6.45, 7) is 10.3. The molecule has 1 saturated heterocycles. The predicted octanol–water partition coefficient (Wildman–Crippen LogP) is 2.94. The van der Waals surface area contributed by atoms with E-state index in [2.05, 4.69) is 15.2 Å². The highest BCUT2D eigenvalue weighted by Crippen LogP contribution is 2.31. The van der Waals surface area contributed by atoms with Crippen molar-refractivity contribution in [3.05, 3.63) is 34.6 Å². The number of nitrogens with two attached hydrogens (primary N) is 1. The van der Waals surface area contributed by atoms with Crippen LogP contribution >= 0.6 is 11.6 Å². The maximum Gasteiger partial charge on any atom is 0.189 e. The summed E-state index contributed by atoms with van der Waals surface area (Å²) < 4.78 is 20.1. The van der Waals surface area contributed by atoms with Crippen molar-refractivity contribution in [1.29, 1.82) is 0 Å². The van der Waals surface area contributed by atoms with Gasteiger partial charge < -0.3 is 15.8 Å². The van der Waals surface area contributed by atoms with Crippen molar-refractivity contribution in [3.8, 4) is 0 Å². The van der Waals surface area contributed by atoms with Crippen molar-refractivity contribution in [1.82, 2.24) is 10.2 Å². The number of nitrogens with one attached hydrogen (secondary N) is 1. The van der Waals surface area contributed by atoms with Crippen molar-refractivity contribution in [2.45, 2.75) is 45.4 Å². The molecule has 0 aromatic heterocycles. The molecular weight excluding hydrogens is 343 g/mol.